The van der Waals surface area contributed by atoms with Gasteiger partial charge in [-0.3, -0.25) is 4.79 Å². The van der Waals surface area contributed by atoms with Crippen LogP contribution in [0.4, 0.5) is 0 Å². The summed E-state index contributed by atoms with van der Waals surface area (Å²) in [6.07, 6.45) is -0.0844. The van der Waals surface area contributed by atoms with Gasteiger partial charge in [0.15, 0.2) is 5.79 Å². The fourth-order valence-electron chi connectivity index (χ4n) is 2.32. The molecule has 5 heteroatoms. The average molecular weight is 291 g/mol. The van der Waals surface area contributed by atoms with Gasteiger partial charge in [-0.15, -0.1) is 11.3 Å². The van der Waals surface area contributed by atoms with E-state index in [9.17, 15) is 4.79 Å². The van der Waals surface area contributed by atoms with Crippen molar-refractivity contribution in [3.05, 3.63) is 35.2 Å². The van der Waals surface area contributed by atoms with Gasteiger partial charge in [0.2, 0.25) is 0 Å². The minimum atomic E-state index is -0.551. The highest BCUT2D eigenvalue weighted by atomic mass is 32.1. The van der Waals surface area contributed by atoms with Crippen LogP contribution in [0.3, 0.4) is 0 Å². The number of carbonyl (C=O) groups excluding carboxylic acids is 1. The van der Waals surface area contributed by atoms with Crippen molar-refractivity contribution in [1.82, 2.24) is 5.32 Å². The lowest BCUT2D eigenvalue weighted by atomic mass is 10.1. The van der Waals surface area contributed by atoms with Crippen molar-refractivity contribution < 1.29 is 14.3 Å². The van der Waals surface area contributed by atoms with Crippen molar-refractivity contribution >= 4 is 27.3 Å². The third-order valence-electron chi connectivity index (χ3n) is 3.28. The third kappa shape index (κ3) is 2.70. The number of amides is 1. The highest BCUT2D eigenvalue weighted by molar-refractivity contribution is 7.17. The van der Waals surface area contributed by atoms with Crippen molar-refractivity contribution in [2.24, 2.45) is 0 Å². The molecule has 1 fully saturated rings. The van der Waals surface area contributed by atoms with E-state index >= 15 is 0 Å². The lowest BCUT2D eigenvalue weighted by Gasteiger charge is -2.17. The van der Waals surface area contributed by atoms with Crippen molar-refractivity contribution in [3.63, 3.8) is 0 Å². The number of rotatable bonds is 3. The zero-order valence-corrected chi connectivity index (χ0v) is 12.3. The zero-order chi connectivity index (χ0) is 14.2. The van der Waals surface area contributed by atoms with Gasteiger partial charge in [0.25, 0.3) is 5.91 Å². The van der Waals surface area contributed by atoms with Crippen molar-refractivity contribution in [3.8, 4) is 0 Å². The second kappa shape index (κ2) is 5.16. The highest BCUT2D eigenvalue weighted by Crippen LogP contribution is 2.26. The Morgan fingerprint density at radius 1 is 1.45 bits per heavy atom. The Bertz CT molecular complexity index is 635. The molecule has 1 aromatic heterocycles. The lowest BCUT2D eigenvalue weighted by Crippen LogP contribution is -2.34. The van der Waals surface area contributed by atoms with Crippen LogP contribution in [0.2, 0.25) is 0 Å². The predicted molar refractivity (Wildman–Crippen MR) is 79.1 cm³/mol. The summed E-state index contributed by atoms with van der Waals surface area (Å²) >= 11 is 1.58. The minimum Gasteiger partial charge on any atom is -0.349 e. The Hall–Kier alpha value is -1.43. The van der Waals surface area contributed by atoms with E-state index in [0.717, 1.165) is 15.6 Å². The summed E-state index contributed by atoms with van der Waals surface area (Å²) in [6, 6.07) is 7.92. The van der Waals surface area contributed by atoms with Gasteiger partial charge in [-0.2, -0.15) is 0 Å². The third-order valence-corrected chi connectivity index (χ3v) is 4.25. The molecule has 1 unspecified atom stereocenters. The first-order valence-electron chi connectivity index (χ1n) is 6.61. The van der Waals surface area contributed by atoms with E-state index in [1.165, 1.54) is 0 Å². The van der Waals surface area contributed by atoms with E-state index < -0.39 is 5.79 Å². The molecule has 1 atom stereocenters. The van der Waals surface area contributed by atoms with Crippen LogP contribution < -0.4 is 5.32 Å². The van der Waals surface area contributed by atoms with E-state index in [2.05, 4.69) is 5.32 Å². The molecule has 0 saturated carbocycles. The Morgan fingerprint density at radius 2 is 2.25 bits per heavy atom. The van der Waals surface area contributed by atoms with Crippen molar-refractivity contribution in [1.29, 1.82) is 0 Å². The van der Waals surface area contributed by atoms with Crippen LogP contribution in [-0.4, -0.2) is 30.9 Å². The molecule has 0 bridgehead atoms. The van der Waals surface area contributed by atoms with E-state index in [1.807, 2.05) is 43.5 Å². The number of hydrogen-bond donors (Lipinski definition) is 1. The maximum absolute atomic E-state index is 12.2. The van der Waals surface area contributed by atoms with Gasteiger partial charge in [-0.25, -0.2) is 0 Å². The van der Waals surface area contributed by atoms with Crippen LogP contribution >= 0.6 is 11.3 Å². The Balaban J connectivity index is 1.65. The first-order chi connectivity index (χ1) is 9.55. The Kier molecular flexibility index (Phi) is 3.50. The van der Waals surface area contributed by atoms with Gasteiger partial charge in [0, 0.05) is 22.0 Å². The molecule has 3 rings (SSSR count). The Morgan fingerprint density at radius 3 is 3.00 bits per heavy atom. The van der Waals surface area contributed by atoms with Gasteiger partial charge < -0.3 is 14.8 Å². The number of carbonyl (C=O) groups is 1. The van der Waals surface area contributed by atoms with Gasteiger partial charge in [-0.1, -0.05) is 18.2 Å². The molecule has 20 heavy (non-hydrogen) atoms. The summed E-state index contributed by atoms with van der Waals surface area (Å²) in [5.74, 6) is -0.611. The van der Waals surface area contributed by atoms with Crippen LogP contribution in [-0.2, 0) is 9.47 Å². The lowest BCUT2D eigenvalue weighted by molar-refractivity contribution is -0.137. The molecule has 0 spiro atoms. The maximum Gasteiger partial charge on any atom is 0.252 e. The summed E-state index contributed by atoms with van der Waals surface area (Å²) in [6.45, 7) is 4.73. The van der Waals surface area contributed by atoms with Crippen LogP contribution in [0.15, 0.2) is 29.6 Å². The topological polar surface area (TPSA) is 47.6 Å². The summed E-state index contributed by atoms with van der Waals surface area (Å²) in [7, 11) is 0. The minimum absolute atomic E-state index is 0.0595. The first kappa shape index (κ1) is 13.5. The molecule has 0 aliphatic carbocycles. The van der Waals surface area contributed by atoms with Gasteiger partial charge in [0.1, 0.15) is 6.10 Å². The molecule has 1 saturated heterocycles. The van der Waals surface area contributed by atoms with E-state index in [1.54, 1.807) is 11.3 Å². The summed E-state index contributed by atoms with van der Waals surface area (Å²) in [4.78, 5) is 12.2. The number of fused-ring (bicyclic) bond motifs is 1. The second-order valence-corrected chi connectivity index (χ2v) is 6.22. The summed E-state index contributed by atoms with van der Waals surface area (Å²) < 4.78 is 12.3. The summed E-state index contributed by atoms with van der Waals surface area (Å²) in [5, 5.41) is 5.82. The number of benzene rings is 1. The van der Waals surface area contributed by atoms with Crippen LogP contribution in [0, 0.1) is 0 Å². The molecule has 1 aromatic carbocycles. The van der Waals surface area contributed by atoms with Crippen LogP contribution in [0.1, 0.15) is 24.2 Å². The second-order valence-electron chi connectivity index (χ2n) is 5.31. The normalized spacial score (nSPS) is 21.2. The molecule has 1 aliphatic heterocycles. The molecule has 1 amide bonds. The molecule has 2 heterocycles. The van der Waals surface area contributed by atoms with E-state index in [-0.39, 0.29) is 12.0 Å². The fraction of sp³-hybridized carbons (Fsp3) is 0.400. The average Bonchev–Trinajstić information content (AvgIpc) is 2.99. The quantitative estimate of drug-likeness (QED) is 0.946. The van der Waals surface area contributed by atoms with Crippen LogP contribution in [0.25, 0.3) is 10.1 Å². The number of ether oxygens (including phenoxy) is 2. The zero-order valence-electron chi connectivity index (χ0n) is 11.5. The monoisotopic (exact) mass is 291 g/mol. The number of thiophene rings is 1. The van der Waals surface area contributed by atoms with E-state index in [4.69, 9.17) is 9.47 Å². The highest BCUT2D eigenvalue weighted by Gasteiger charge is 2.32. The van der Waals surface area contributed by atoms with Crippen LogP contribution in [0.5, 0.6) is 0 Å². The van der Waals surface area contributed by atoms with Gasteiger partial charge in [0.05, 0.1) is 12.2 Å². The molecule has 2 aromatic rings. The molecule has 0 radical (unpaired) electrons. The molecular weight excluding hydrogens is 274 g/mol. The molecule has 106 valence electrons. The molecule has 4 nitrogen and oxygen atoms in total. The van der Waals surface area contributed by atoms with Gasteiger partial charge >= 0.3 is 0 Å². The molecule has 1 aliphatic rings. The first-order valence-corrected chi connectivity index (χ1v) is 7.49. The molecule has 1 N–H and O–H groups in total. The fourth-order valence-corrected chi connectivity index (χ4v) is 3.26. The SMILES string of the molecule is CC1(C)OCC(CNC(=O)c2csc3ccccc23)O1. The number of hydrogen-bond acceptors (Lipinski definition) is 4. The molecular formula is C15H17NO3S. The van der Waals surface area contributed by atoms with Gasteiger partial charge in [-0.05, 0) is 19.9 Å². The predicted octanol–water partition coefficient (Wildman–Crippen LogP) is 2.78. The number of nitrogens with one attached hydrogen (secondary N) is 1. The summed E-state index contributed by atoms with van der Waals surface area (Å²) in [5.41, 5.74) is 0.726. The smallest absolute Gasteiger partial charge is 0.252 e. The Labute approximate surface area is 121 Å². The van der Waals surface area contributed by atoms with E-state index in [0.29, 0.717) is 13.2 Å². The largest absolute Gasteiger partial charge is 0.349 e. The van der Waals surface area contributed by atoms with Crippen molar-refractivity contribution in [2.75, 3.05) is 13.2 Å². The maximum atomic E-state index is 12.2. The van der Waals surface area contributed by atoms with Crippen molar-refractivity contribution in [2.45, 2.75) is 25.7 Å². The standard InChI is InChI=1S/C15H17NO3S/c1-15(2)18-8-10(19-15)7-16-14(17)12-9-20-13-6-4-3-5-11(12)13/h3-6,9-10H,7-8H2,1-2H3,(H,16,17).